The van der Waals surface area contributed by atoms with Gasteiger partial charge in [-0.25, -0.2) is 14.4 Å². The Hall–Kier alpha value is -2.82. The minimum atomic E-state index is -0.355. The van der Waals surface area contributed by atoms with Gasteiger partial charge in [0.1, 0.15) is 9.71 Å². The molecule has 2 aliphatic rings. The van der Waals surface area contributed by atoms with Crippen LogP contribution < -0.4 is 21.7 Å². The summed E-state index contributed by atoms with van der Waals surface area (Å²) < 4.78 is 20.3. The van der Waals surface area contributed by atoms with Crippen molar-refractivity contribution < 1.29 is 13.9 Å². The number of anilines is 2. The molecule has 3 aromatic rings. The van der Waals surface area contributed by atoms with Crippen LogP contribution in [0.3, 0.4) is 0 Å². The zero-order valence-corrected chi connectivity index (χ0v) is 20.1. The second kappa shape index (κ2) is 9.09. The zero-order valence-electron chi connectivity index (χ0n) is 19.3. The van der Waals surface area contributed by atoms with Crippen molar-refractivity contribution in [1.82, 2.24) is 15.3 Å². The van der Waals surface area contributed by atoms with Crippen molar-refractivity contribution >= 4 is 39.0 Å². The SMILES string of the molecule is COC[C@H]1CN(c2nc3c(cc2F)C[C@H](NC(=O)c2sc4nc(C)ccc4c2N)CC3)C[C@H]1N. The Labute approximate surface area is 201 Å². The van der Waals surface area contributed by atoms with Crippen molar-refractivity contribution in [1.29, 1.82) is 0 Å². The van der Waals surface area contributed by atoms with Gasteiger partial charge < -0.3 is 26.4 Å². The molecule has 1 aliphatic carbocycles. The Morgan fingerprint density at radius 1 is 1.35 bits per heavy atom. The van der Waals surface area contributed by atoms with E-state index in [1.54, 1.807) is 13.2 Å². The van der Waals surface area contributed by atoms with Crippen LogP contribution in [0.15, 0.2) is 18.2 Å². The standard InChI is InChI=1S/C24H29FN6O2S/c1-12-3-5-16-20(27)21(34-24(16)28-12)23(32)29-15-4-6-19-13(7-15)8-17(25)22(30-19)31-9-14(11-33-2)18(26)10-31/h3,5,8,14-15,18H,4,6-7,9-11,26-27H2,1-2H3,(H,29,32)/t14-,15-,18-/m1/s1. The number of aryl methyl sites for hydroxylation is 2. The van der Waals surface area contributed by atoms with Crippen molar-refractivity contribution in [3.63, 3.8) is 0 Å². The number of pyridine rings is 2. The third-order valence-electron chi connectivity index (χ3n) is 6.77. The molecule has 1 fully saturated rings. The lowest BCUT2D eigenvalue weighted by Crippen LogP contribution is -2.39. The van der Waals surface area contributed by atoms with Gasteiger partial charge in [-0.2, -0.15) is 0 Å². The molecule has 10 heteroatoms. The molecule has 0 spiro atoms. The number of carbonyl (C=O) groups is 1. The van der Waals surface area contributed by atoms with Gasteiger partial charge in [-0.1, -0.05) is 0 Å². The van der Waals surface area contributed by atoms with E-state index in [0.29, 0.717) is 48.9 Å². The zero-order chi connectivity index (χ0) is 24.0. The van der Waals surface area contributed by atoms with Gasteiger partial charge in [-0.15, -0.1) is 11.3 Å². The van der Waals surface area contributed by atoms with Crippen molar-refractivity contribution in [3.05, 3.63) is 45.8 Å². The van der Waals surface area contributed by atoms with E-state index < -0.39 is 0 Å². The number of nitrogen functional groups attached to an aromatic ring is 1. The van der Waals surface area contributed by atoms with Gasteiger partial charge in [0, 0.05) is 55.0 Å². The average Bonchev–Trinajstić information content (AvgIpc) is 3.32. The molecule has 3 aromatic heterocycles. The number of amides is 1. The highest BCUT2D eigenvalue weighted by Crippen LogP contribution is 2.33. The lowest BCUT2D eigenvalue weighted by molar-refractivity contribution is 0.0938. The Bertz CT molecular complexity index is 1250. The average molecular weight is 485 g/mol. The number of hydrogen-bond acceptors (Lipinski definition) is 8. The molecule has 5 rings (SSSR count). The first-order valence-electron chi connectivity index (χ1n) is 11.5. The van der Waals surface area contributed by atoms with Crippen LogP contribution >= 0.6 is 11.3 Å². The van der Waals surface area contributed by atoms with Crippen LogP contribution in [0.2, 0.25) is 0 Å². The minimum Gasteiger partial charge on any atom is -0.397 e. The van der Waals surface area contributed by atoms with Gasteiger partial charge in [-0.05, 0) is 49.9 Å². The molecular weight excluding hydrogens is 455 g/mol. The first kappa shape index (κ1) is 22.9. The summed E-state index contributed by atoms with van der Waals surface area (Å²) in [6.07, 6.45) is 1.92. The largest absolute Gasteiger partial charge is 0.397 e. The Balaban J connectivity index is 1.30. The smallest absolute Gasteiger partial charge is 0.263 e. The van der Waals surface area contributed by atoms with Crippen LogP contribution in [0.1, 0.15) is 33.0 Å². The number of methoxy groups -OCH3 is 1. The van der Waals surface area contributed by atoms with E-state index in [0.717, 1.165) is 33.6 Å². The quantitative estimate of drug-likeness (QED) is 0.509. The fraction of sp³-hybridized carbons (Fsp3) is 0.458. The van der Waals surface area contributed by atoms with Crippen molar-refractivity contribution in [2.24, 2.45) is 11.7 Å². The number of ether oxygens (including phenoxy) is 1. The topological polar surface area (TPSA) is 119 Å². The van der Waals surface area contributed by atoms with Crippen LogP contribution in [-0.2, 0) is 17.6 Å². The summed E-state index contributed by atoms with van der Waals surface area (Å²) in [4.78, 5) is 25.3. The van der Waals surface area contributed by atoms with Crippen molar-refractivity contribution in [2.75, 3.05) is 37.4 Å². The molecule has 3 atom stereocenters. The lowest BCUT2D eigenvalue weighted by atomic mass is 9.91. The first-order valence-corrected chi connectivity index (χ1v) is 12.3. The number of hydrogen-bond donors (Lipinski definition) is 3. The summed E-state index contributed by atoms with van der Waals surface area (Å²) in [7, 11) is 1.65. The highest BCUT2D eigenvalue weighted by Gasteiger charge is 2.33. The summed E-state index contributed by atoms with van der Waals surface area (Å²) >= 11 is 1.30. The van der Waals surface area contributed by atoms with E-state index in [4.69, 9.17) is 16.2 Å². The van der Waals surface area contributed by atoms with Gasteiger partial charge >= 0.3 is 0 Å². The third-order valence-corrected chi connectivity index (χ3v) is 7.88. The number of aromatic nitrogens is 2. The summed E-state index contributed by atoms with van der Waals surface area (Å²) in [5.74, 6) is -0.0588. The van der Waals surface area contributed by atoms with E-state index in [9.17, 15) is 4.79 Å². The predicted molar refractivity (Wildman–Crippen MR) is 132 cm³/mol. The molecule has 8 nitrogen and oxygen atoms in total. The number of nitrogens with one attached hydrogen (secondary N) is 1. The molecule has 34 heavy (non-hydrogen) atoms. The maximum Gasteiger partial charge on any atom is 0.263 e. The van der Waals surface area contributed by atoms with Crippen LogP contribution in [0.4, 0.5) is 15.9 Å². The Morgan fingerprint density at radius 2 is 2.18 bits per heavy atom. The van der Waals surface area contributed by atoms with E-state index in [1.807, 2.05) is 24.0 Å². The number of rotatable bonds is 5. The normalized spacial score (nSPS) is 22.2. The molecule has 1 saturated heterocycles. The summed E-state index contributed by atoms with van der Waals surface area (Å²) in [6.45, 7) is 3.64. The van der Waals surface area contributed by atoms with Gasteiger partial charge in [0.25, 0.3) is 5.91 Å². The fourth-order valence-corrected chi connectivity index (χ4v) is 5.98. The highest BCUT2D eigenvalue weighted by atomic mass is 32.1. The molecule has 1 amide bonds. The second-order valence-corrected chi connectivity index (χ2v) is 10.2. The molecule has 1 aliphatic heterocycles. The highest BCUT2D eigenvalue weighted by molar-refractivity contribution is 7.21. The summed E-state index contributed by atoms with van der Waals surface area (Å²) in [5.41, 5.74) is 15.5. The van der Waals surface area contributed by atoms with Gasteiger partial charge in [0.15, 0.2) is 11.6 Å². The van der Waals surface area contributed by atoms with Gasteiger partial charge in [-0.3, -0.25) is 4.79 Å². The summed E-state index contributed by atoms with van der Waals surface area (Å²) in [5, 5.41) is 3.87. The molecule has 180 valence electrons. The molecule has 0 unspecified atom stereocenters. The number of thiophene rings is 1. The van der Waals surface area contributed by atoms with Crippen LogP contribution in [0.25, 0.3) is 10.2 Å². The maximum atomic E-state index is 15.0. The molecule has 0 saturated carbocycles. The van der Waals surface area contributed by atoms with E-state index in [1.165, 1.54) is 11.3 Å². The first-order chi connectivity index (χ1) is 16.3. The Morgan fingerprint density at radius 3 is 2.97 bits per heavy atom. The van der Waals surface area contributed by atoms with Crippen molar-refractivity contribution in [2.45, 2.75) is 38.3 Å². The van der Waals surface area contributed by atoms with Crippen LogP contribution in [0.5, 0.6) is 0 Å². The van der Waals surface area contributed by atoms with E-state index in [2.05, 4.69) is 15.3 Å². The minimum absolute atomic E-state index is 0.0720. The van der Waals surface area contributed by atoms with Gasteiger partial charge in [0.05, 0.1) is 12.3 Å². The van der Waals surface area contributed by atoms with Gasteiger partial charge in [0.2, 0.25) is 0 Å². The number of nitrogens with zero attached hydrogens (tertiary/aromatic N) is 3. The van der Waals surface area contributed by atoms with Crippen molar-refractivity contribution in [3.8, 4) is 0 Å². The van der Waals surface area contributed by atoms with Crippen LogP contribution in [0, 0.1) is 18.7 Å². The molecule has 0 radical (unpaired) electrons. The second-order valence-electron chi connectivity index (χ2n) is 9.25. The Kier molecular flexibility index (Phi) is 6.13. The van der Waals surface area contributed by atoms with E-state index in [-0.39, 0.29) is 29.7 Å². The predicted octanol–water partition coefficient (Wildman–Crippen LogP) is 2.42. The van der Waals surface area contributed by atoms with E-state index >= 15 is 4.39 Å². The molecule has 4 heterocycles. The molecule has 0 bridgehead atoms. The maximum absolute atomic E-state index is 15.0. The number of halogens is 1. The number of nitrogens with two attached hydrogens (primary N) is 2. The molecular formula is C24H29FN6O2S. The lowest BCUT2D eigenvalue weighted by Gasteiger charge is -2.27. The molecule has 0 aromatic carbocycles. The number of fused-ring (bicyclic) bond motifs is 2. The number of carbonyl (C=O) groups excluding carboxylic acids is 1. The fourth-order valence-electron chi connectivity index (χ4n) is 4.94. The molecule has 5 N–H and O–H groups in total. The van der Waals surface area contributed by atoms with Crippen LogP contribution in [-0.4, -0.2) is 54.8 Å². The summed E-state index contributed by atoms with van der Waals surface area (Å²) in [6, 6.07) is 5.16. The third kappa shape index (κ3) is 4.21. The monoisotopic (exact) mass is 484 g/mol.